The minimum Gasteiger partial charge on any atom is -0.446 e. The van der Waals surface area contributed by atoms with Gasteiger partial charge in [-0.15, -0.1) is 5.10 Å². The van der Waals surface area contributed by atoms with Crippen molar-refractivity contribution in [1.29, 1.82) is 0 Å². The van der Waals surface area contributed by atoms with Gasteiger partial charge in [0.15, 0.2) is 21.8 Å². The SMILES string of the molecule is O=c1oc2ccccc2c2c1C(c1ccc([N+](=O)[O-])cc1)c1c(ncn3nc(-c4ccc(Br)o4)nc13)O2. The summed E-state index contributed by atoms with van der Waals surface area (Å²) in [6, 6.07) is 16.5. The van der Waals surface area contributed by atoms with Crippen molar-refractivity contribution in [2.24, 2.45) is 0 Å². The summed E-state index contributed by atoms with van der Waals surface area (Å²) in [4.78, 5) is 33.3. The predicted molar refractivity (Wildman–Crippen MR) is 133 cm³/mol. The van der Waals surface area contributed by atoms with Crippen LogP contribution < -0.4 is 10.4 Å². The van der Waals surface area contributed by atoms with Crippen LogP contribution in [0.5, 0.6) is 11.6 Å². The lowest BCUT2D eigenvalue weighted by molar-refractivity contribution is -0.384. The first-order valence-corrected chi connectivity index (χ1v) is 11.8. The van der Waals surface area contributed by atoms with Crippen molar-refractivity contribution in [1.82, 2.24) is 19.6 Å². The minimum atomic E-state index is -0.753. The van der Waals surface area contributed by atoms with Crippen molar-refractivity contribution >= 4 is 38.2 Å². The molecule has 1 atom stereocenters. The number of nitro groups is 1. The Kier molecular flexibility index (Phi) is 4.54. The van der Waals surface area contributed by atoms with E-state index >= 15 is 0 Å². The maximum Gasteiger partial charge on any atom is 0.344 e. The molecule has 180 valence electrons. The van der Waals surface area contributed by atoms with E-state index < -0.39 is 16.5 Å². The van der Waals surface area contributed by atoms with E-state index in [9.17, 15) is 14.9 Å². The number of nitrogens with zero attached hydrogens (tertiary/aromatic N) is 5. The van der Waals surface area contributed by atoms with Crippen molar-refractivity contribution < 1.29 is 18.5 Å². The van der Waals surface area contributed by atoms with Gasteiger partial charge in [-0.1, -0.05) is 24.3 Å². The monoisotopic (exact) mass is 557 g/mol. The normalized spacial score (nSPS) is 14.4. The summed E-state index contributed by atoms with van der Waals surface area (Å²) in [6.45, 7) is 0. The van der Waals surface area contributed by atoms with E-state index in [1.165, 1.54) is 23.0 Å². The van der Waals surface area contributed by atoms with Crippen LogP contribution in [0.3, 0.4) is 0 Å². The Hall–Kier alpha value is -4.84. The Morgan fingerprint density at radius 3 is 2.57 bits per heavy atom. The zero-order valence-electron chi connectivity index (χ0n) is 18.5. The van der Waals surface area contributed by atoms with Crippen molar-refractivity contribution in [3.8, 4) is 23.2 Å². The second kappa shape index (κ2) is 7.83. The van der Waals surface area contributed by atoms with Crippen molar-refractivity contribution in [2.75, 3.05) is 0 Å². The molecule has 1 aliphatic rings. The molecule has 0 aliphatic carbocycles. The zero-order valence-corrected chi connectivity index (χ0v) is 20.1. The molecule has 0 saturated carbocycles. The molecule has 2 aromatic carbocycles. The molecule has 1 aliphatic heterocycles. The summed E-state index contributed by atoms with van der Waals surface area (Å²) in [7, 11) is 0. The van der Waals surface area contributed by atoms with Gasteiger partial charge in [-0.2, -0.15) is 0 Å². The number of ether oxygens (including phenoxy) is 1. The number of non-ortho nitro benzene ring substituents is 1. The maximum absolute atomic E-state index is 13.4. The van der Waals surface area contributed by atoms with Gasteiger partial charge in [0.1, 0.15) is 11.9 Å². The Balaban J connectivity index is 1.53. The first-order chi connectivity index (χ1) is 18.0. The Morgan fingerprint density at radius 2 is 1.81 bits per heavy atom. The molecular weight excluding hydrogens is 546 g/mol. The van der Waals surface area contributed by atoms with Crippen LogP contribution in [0.4, 0.5) is 5.69 Å². The van der Waals surface area contributed by atoms with Crippen molar-refractivity contribution in [3.05, 3.63) is 109 Å². The van der Waals surface area contributed by atoms with Gasteiger partial charge in [-0.3, -0.25) is 10.1 Å². The van der Waals surface area contributed by atoms with Gasteiger partial charge < -0.3 is 13.6 Å². The van der Waals surface area contributed by atoms with Crippen LogP contribution in [0.2, 0.25) is 0 Å². The highest BCUT2D eigenvalue weighted by Gasteiger charge is 2.37. The number of furan rings is 1. The molecule has 7 rings (SSSR count). The Labute approximate surface area is 214 Å². The summed E-state index contributed by atoms with van der Waals surface area (Å²) < 4.78 is 19.5. The largest absolute Gasteiger partial charge is 0.446 e. The standard InChI is InChI=1S/C25H12BrN5O6/c26-17-10-9-16(35-17)22-28-23-20-18(12-5-7-13(8-6-12)31(33)34)19-21(37-24(20)27-11-30(23)29-22)14-3-1-2-4-15(14)36-25(19)32/h1-11,18H. The number of rotatable bonds is 3. The van der Waals surface area contributed by atoms with E-state index in [1.807, 2.05) is 6.07 Å². The highest BCUT2D eigenvalue weighted by atomic mass is 79.9. The van der Waals surface area contributed by atoms with E-state index in [-0.39, 0.29) is 17.1 Å². The van der Waals surface area contributed by atoms with Gasteiger partial charge in [0, 0.05) is 12.1 Å². The first-order valence-electron chi connectivity index (χ1n) is 11.0. The molecule has 0 amide bonds. The van der Waals surface area contributed by atoms with Crippen LogP contribution in [0.25, 0.3) is 28.2 Å². The number of halogens is 1. The maximum atomic E-state index is 13.4. The minimum absolute atomic E-state index is 0.0775. The van der Waals surface area contributed by atoms with Crippen LogP contribution in [0.1, 0.15) is 22.6 Å². The lowest BCUT2D eigenvalue weighted by atomic mass is 9.84. The molecule has 11 nitrogen and oxygen atoms in total. The topological polar surface area (TPSA) is 139 Å². The first kappa shape index (κ1) is 21.4. The van der Waals surface area contributed by atoms with Crippen LogP contribution >= 0.6 is 15.9 Å². The number of para-hydroxylation sites is 1. The molecule has 6 aromatic rings. The number of nitro benzene ring substituents is 1. The highest BCUT2D eigenvalue weighted by molar-refractivity contribution is 9.10. The Morgan fingerprint density at radius 1 is 1.00 bits per heavy atom. The average Bonchev–Trinajstić information content (AvgIpc) is 3.54. The number of fused-ring (bicyclic) bond motifs is 6. The number of hydrogen-bond donors (Lipinski definition) is 0. The highest BCUT2D eigenvalue weighted by Crippen LogP contribution is 2.49. The third kappa shape index (κ3) is 3.26. The van der Waals surface area contributed by atoms with Crippen LogP contribution in [0.15, 0.2) is 85.3 Å². The van der Waals surface area contributed by atoms with Crippen LogP contribution in [-0.2, 0) is 0 Å². The van der Waals surface area contributed by atoms with Crippen LogP contribution in [0, 0.1) is 10.1 Å². The van der Waals surface area contributed by atoms with Gasteiger partial charge >= 0.3 is 5.63 Å². The quantitative estimate of drug-likeness (QED) is 0.157. The molecule has 0 spiro atoms. The molecular formula is C25H12BrN5O6. The summed E-state index contributed by atoms with van der Waals surface area (Å²) in [5.41, 5.74) is 1.38. The summed E-state index contributed by atoms with van der Waals surface area (Å²) >= 11 is 3.28. The Bertz CT molecular complexity index is 1940. The fourth-order valence-electron chi connectivity index (χ4n) is 4.59. The van der Waals surface area contributed by atoms with E-state index in [1.54, 1.807) is 42.5 Å². The molecule has 1 unspecified atom stereocenters. The van der Waals surface area contributed by atoms with Gasteiger partial charge in [-0.25, -0.2) is 19.3 Å². The van der Waals surface area contributed by atoms with Gasteiger partial charge in [0.2, 0.25) is 11.7 Å². The molecule has 0 radical (unpaired) electrons. The van der Waals surface area contributed by atoms with Gasteiger partial charge in [0.05, 0.1) is 27.4 Å². The lowest BCUT2D eigenvalue weighted by Crippen LogP contribution is -2.22. The number of hydrogen-bond acceptors (Lipinski definition) is 9. The number of aromatic nitrogens is 4. The molecule has 12 heteroatoms. The molecule has 37 heavy (non-hydrogen) atoms. The smallest absolute Gasteiger partial charge is 0.344 e. The molecule has 4 aromatic heterocycles. The summed E-state index contributed by atoms with van der Waals surface area (Å²) in [5, 5.41) is 16.4. The van der Waals surface area contributed by atoms with Crippen molar-refractivity contribution in [2.45, 2.75) is 5.92 Å². The van der Waals surface area contributed by atoms with E-state index in [0.717, 1.165) is 0 Å². The molecule has 5 heterocycles. The average molecular weight is 558 g/mol. The fourth-order valence-corrected chi connectivity index (χ4v) is 4.90. The van der Waals surface area contributed by atoms with Crippen molar-refractivity contribution in [3.63, 3.8) is 0 Å². The summed E-state index contributed by atoms with van der Waals surface area (Å²) in [6.07, 6.45) is 1.47. The molecule has 0 N–H and O–H groups in total. The lowest BCUT2D eigenvalue weighted by Gasteiger charge is -2.27. The molecule has 0 saturated heterocycles. The van der Waals surface area contributed by atoms with Gasteiger partial charge in [-0.05, 0) is 45.8 Å². The zero-order chi connectivity index (χ0) is 25.3. The van der Waals surface area contributed by atoms with Gasteiger partial charge in [0.25, 0.3) is 5.69 Å². The van der Waals surface area contributed by atoms with E-state index in [0.29, 0.717) is 49.7 Å². The predicted octanol–water partition coefficient (Wildman–Crippen LogP) is 5.45. The second-order valence-electron chi connectivity index (χ2n) is 8.28. The molecule has 0 bridgehead atoms. The second-order valence-corrected chi connectivity index (χ2v) is 9.06. The van der Waals surface area contributed by atoms with E-state index in [2.05, 4.69) is 31.0 Å². The number of benzene rings is 2. The summed E-state index contributed by atoms with van der Waals surface area (Å²) in [5.74, 6) is 0.531. The fraction of sp³-hybridized carbons (Fsp3) is 0.0400. The van der Waals surface area contributed by atoms with Crippen LogP contribution in [-0.4, -0.2) is 24.5 Å². The third-order valence-electron chi connectivity index (χ3n) is 6.19. The molecule has 0 fully saturated rings. The third-order valence-corrected chi connectivity index (χ3v) is 6.62. The van der Waals surface area contributed by atoms with E-state index in [4.69, 9.17) is 13.6 Å².